The molecular formula is C10H6ClO. The summed E-state index contributed by atoms with van der Waals surface area (Å²) < 4.78 is 4.84. The zero-order valence-corrected chi connectivity index (χ0v) is 7.01. The predicted molar refractivity (Wildman–Crippen MR) is 48.0 cm³/mol. The van der Waals surface area contributed by atoms with Gasteiger partial charge < -0.3 is 4.42 Å². The first-order valence-corrected chi connectivity index (χ1v) is 3.94. The van der Waals surface area contributed by atoms with Crippen LogP contribution < -0.4 is 0 Å². The molecule has 2 aromatic rings. The van der Waals surface area contributed by atoms with Crippen LogP contribution in [0.15, 0.2) is 41.0 Å². The van der Waals surface area contributed by atoms with Gasteiger partial charge in [-0.2, -0.15) is 0 Å². The monoisotopic (exact) mass is 177 g/mol. The van der Waals surface area contributed by atoms with E-state index in [0.29, 0.717) is 0 Å². The molecule has 0 aliphatic carbocycles. The molecule has 1 radical (unpaired) electrons. The van der Waals surface area contributed by atoms with Gasteiger partial charge in [0.1, 0.15) is 0 Å². The van der Waals surface area contributed by atoms with E-state index in [1.807, 2.05) is 24.3 Å². The lowest BCUT2D eigenvalue weighted by Gasteiger charge is -1.95. The maximum absolute atomic E-state index is 5.74. The summed E-state index contributed by atoms with van der Waals surface area (Å²) in [7, 11) is 0. The highest BCUT2D eigenvalue weighted by Crippen LogP contribution is 2.20. The number of hydrogen-bond acceptors (Lipinski definition) is 1. The van der Waals surface area contributed by atoms with Gasteiger partial charge in [0.25, 0.3) is 0 Å². The zero-order chi connectivity index (χ0) is 8.39. The Morgan fingerprint density at radius 3 is 2.42 bits per heavy atom. The van der Waals surface area contributed by atoms with Crippen LogP contribution in [0.25, 0.3) is 11.1 Å². The highest BCUT2D eigenvalue weighted by atomic mass is 35.5. The Balaban J connectivity index is 2.43. The van der Waals surface area contributed by atoms with Crippen molar-refractivity contribution < 1.29 is 4.42 Å². The lowest BCUT2D eigenvalue weighted by molar-refractivity contribution is 0.559. The first-order valence-electron chi connectivity index (χ1n) is 3.57. The van der Waals surface area contributed by atoms with Gasteiger partial charge in [-0.1, -0.05) is 23.7 Å². The second-order valence-electron chi connectivity index (χ2n) is 2.46. The van der Waals surface area contributed by atoms with Crippen LogP contribution in [-0.2, 0) is 0 Å². The van der Waals surface area contributed by atoms with Crippen molar-refractivity contribution in [3.8, 4) is 11.1 Å². The van der Waals surface area contributed by atoms with Crippen molar-refractivity contribution >= 4 is 11.6 Å². The summed E-state index contributed by atoms with van der Waals surface area (Å²) in [6, 6.07) is 9.39. The molecule has 12 heavy (non-hydrogen) atoms. The van der Waals surface area contributed by atoms with Crippen molar-refractivity contribution in [2.75, 3.05) is 0 Å². The second kappa shape index (κ2) is 3.03. The molecular weight excluding hydrogens is 172 g/mol. The molecule has 2 rings (SSSR count). The Morgan fingerprint density at radius 1 is 1.08 bits per heavy atom. The molecule has 1 nitrogen and oxygen atoms in total. The van der Waals surface area contributed by atoms with Crippen LogP contribution in [0.1, 0.15) is 0 Å². The maximum atomic E-state index is 5.74. The van der Waals surface area contributed by atoms with E-state index >= 15 is 0 Å². The lowest BCUT2D eigenvalue weighted by Crippen LogP contribution is -1.71. The van der Waals surface area contributed by atoms with Crippen LogP contribution in [0.4, 0.5) is 0 Å². The van der Waals surface area contributed by atoms with Crippen LogP contribution in [0.2, 0.25) is 5.02 Å². The molecule has 0 amide bonds. The highest BCUT2D eigenvalue weighted by molar-refractivity contribution is 6.30. The highest BCUT2D eigenvalue weighted by Gasteiger charge is 1.97. The number of furan rings is 1. The fourth-order valence-electron chi connectivity index (χ4n) is 1.02. The SMILES string of the molecule is Clc1ccc(-c2c[c]oc2)cc1. The largest absolute Gasteiger partial charge is 0.460 e. The zero-order valence-electron chi connectivity index (χ0n) is 6.25. The van der Waals surface area contributed by atoms with Crippen LogP contribution in [0.3, 0.4) is 0 Å². The van der Waals surface area contributed by atoms with Gasteiger partial charge in [-0.3, -0.25) is 0 Å². The van der Waals surface area contributed by atoms with Crippen LogP contribution in [-0.4, -0.2) is 0 Å². The summed E-state index contributed by atoms with van der Waals surface area (Å²) in [4.78, 5) is 0. The summed E-state index contributed by atoms with van der Waals surface area (Å²) in [6.07, 6.45) is 4.29. The van der Waals surface area contributed by atoms with Gasteiger partial charge in [0, 0.05) is 10.6 Å². The molecule has 0 N–H and O–H groups in total. The predicted octanol–water partition coefficient (Wildman–Crippen LogP) is 3.40. The van der Waals surface area contributed by atoms with E-state index in [2.05, 4.69) is 6.26 Å². The maximum Gasteiger partial charge on any atom is 0.169 e. The molecule has 0 aliphatic heterocycles. The molecule has 0 saturated carbocycles. The van der Waals surface area contributed by atoms with Crippen molar-refractivity contribution in [3.63, 3.8) is 0 Å². The van der Waals surface area contributed by atoms with Gasteiger partial charge in [-0.15, -0.1) is 0 Å². The number of hydrogen-bond donors (Lipinski definition) is 0. The van der Waals surface area contributed by atoms with E-state index in [1.54, 1.807) is 12.3 Å². The average Bonchev–Trinajstić information content (AvgIpc) is 2.58. The summed E-state index contributed by atoms with van der Waals surface area (Å²) in [6.45, 7) is 0. The van der Waals surface area contributed by atoms with Gasteiger partial charge in [-0.05, 0) is 23.8 Å². The standard InChI is InChI=1S/C10H6ClO/c11-10-3-1-8(2-4-10)9-5-6-12-7-9/h1-5,7H. The van der Waals surface area contributed by atoms with Gasteiger partial charge in [-0.25, -0.2) is 0 Å². The van der Waals surface area contributed by atoms with E-state index in [9.17, 15) is 0 Å². The Labute approximate surface area is 75.6 Å². The van der Waals surface area contributed by atoms with E-state index in [0.717, 1.165) is 16.1 Å². The molecule has 0 atom stereocenters. The molecule has 1 aromatic heterocycles. The van der Waals surface area contributed by atoms with Crippen LogP contribution in [0.5, 0.6) is 0 Å². The lowest BCUT2D eigenvalue weighted by atomic mass is 10.1. The molecule has 0 spiro atoms. The molecule has 0 unspecified atom stereocenters. The molecule has 2 heteroatoms. The fourth-order valence-corrected chi connectivity index (χ4v) is 1.15. The Morgan fingerprint density at radius 2 is 1.83 bits per heavy atom. The van der Waals surface area contributed by atoms with E-state index in [4.69, 9.17) is 16.0 Å². The average molecular weight is 178 g/mol. The van der Waals surface area contributed by atoms with Gasteiger partial charge in [0.05, 0.1) is 6.26 Å². The number of halogens is 1. The van der Waals surface area contributed by atoms with E-state index < -0.39 is 0 Å². The first-order chi connectivity index (χ1) is 5.86. The molecule has 1 heterocycles. The Bertz CT molecular complexity index is 348. The van der Waals surface area contributed by atoms with Crippen LogP contribution in [0, 0.1) is 6.26 Å². The fraction of sp³-hybridized carbons (Fsp3) is 0. The van der Waals surface area contributed by atoms with Crippen molar-refractivity contribution in [1.29, 1.82) is 0 Å². The second-order valence-corrected chi connectivity index (χ2v) is 2.90. The summed E-state index contributed by atoms with van der Waals surface area (Å²) in [5.41, 5.74) is 2.11. The first kappa shape index (κ1) is 7.44. The number of benzene rings is 1. The minimum atomic E-state index is 0.742. The van der Waals surface area contributed by atoms with Gasteiger partial charge in [0.2, 0.25) is 0 Å². The molecule has 1 aromatic carbocycles. The number of rotatable bonds is 1. The van der Waals surface area contributed by atoms with Gasteiger partial charge >= 0.3 is 0 Å². The van der Waals surface area contributed by atoms with Crippen LogP contribution >= 0.6 is 11.6 Å². The van der Waals surface area contributed by atoms with E-state index in [-0.39, 0.29) is 0 Å². The molecule has 0 bridgehead atoms. The van der Waals surface area contributed by atoms with Crippen molar-refractivity contribution in [1.82, 2.24) is 0 Å². The molecule has 0 aliphatic rings. The topological polar surface area (TPSA) is 13.1 Å². The third-order valence-corrected chi connectivity index (χ3v) is 1.90. The third-order valence-electron chi connectivity index (χ3n) is 1.65. The Kier molecular flexibility index (Phi) is 1.88. The quantitative estimate of drug-likeness (QED) is 0.651. The van der Waals surface area contributed by atoms with E-state index in [1.165, 1.54) is 0 Å². The van der Waals surface area contributed by atoms with Gasteiger partial charge in [0.15, 0.2) is 6.26 Å². The Hall–Kier alpha value is -1.21. The van der Waals surface area contributed by atoms with Crippen molar-refractivity contribution in [2.24, 2.45) is 0 Å². The summed E-state index contributed by atoms with van der Waals surface area (Å²) in [5, 5.41) is 0.742. The molecule has 59 valence electrons. The summed E-state index contributed by atoms with van der Waals surface area (Å²) in [5.74, 6) is 0. The molecule has 0 fully saturated rings. The minimum Gasteiger partial charge on any atom is -0.460 e. The van der Waals surface area contributed by atoms with Crippen molar-refractivity contribution in [2.45, 2.75) is 0 Å². The van der Waals surface area contributed by atoms with Crippen molar-refractivity contribution in [3.05, 3.63) is 47.9 Å². The smallest absolute Gasteiger partial charge is 0.169 e. The normalized spacial score (nSPS) is 10.1. The summed E-state index contributed by atoms with van der Waals surface area (Å²) >= 11 is 5.74. The minimum absolute atomic E-state index is 0.742. The third kappa shape index (κ3) is 1.36. The molecule has 0 saturated heterocycles.